The van der Waals surface area contributed by atoms with Crippen LogP contribution in [0.25, 0.3) is 5.82 Å². The van der Waals surface area contributed by atoms with Crippen molar-refractivity contribution < 1.29 is 9.47 Å². The van der Waals surface area contributed by atoms with Gasteiger partial charge in [-0.25, -0.2) is 4.68 Å². The summed E-state index contributed by atoms with van der Waals surface area (Å²) in [4.78, 5) is 0. The number of halogens is 1. The maximum absolute atomic E-state index is 9.36. The minimum Gasteiger partial charge on any atom is -0.347 e. The highest BCUT2D eigenvalue weighted by Gasteiger charge is 2.26. The molecule has 0 aliphatic carbocycles. The smallest absolute Gasteiger partial charge is 0.202 e. The first-order valence-electron chi connectivity index (χ1n) is 7.07. The molecule has 0 amide bonds. The van der Waals surface area contributed by atoms with Crippen molar-refractivity contribution in [3.63, 3.8) is 0 Å². The highest BCUT2D eigenvalue weighted by Crippen LogP contribution is 2.33. The highest BCUT2D eigenvalue weighted by molar-refractivity contribution is 7.98. The fourth-order valence-electron chi connectivity index (χ4n) is 2.17. The molecule has 0 bridgehead atoms. The van der Waals surface area contributed by atoms with Gasteiger partial charge in [-0.05, 0) is 20.1 Å². The average Bonchev–Trinajstić information content (AvgIpc) is 3.07. The number of nitriles is 1. The number of aryl methyl sites for hydroxylation is 1. The average molecular weight is 356 g/mol. The first kappa shape index (κ1) is 17.8. The van der Waals surface area contributed by atoms with E-state index in [-0.39, 0.29) is 0 Å². The lowest BCUT2D eigenvalue weighted by Crippen LogP contribution is -2.16. The third-order valence-electron chi connectivity index (χ3n) is 3.10. The first-order chi connectivity index (χ1) is 11.1. The Balaban J connectivity index is 2.60. The van der Waals surface area contributed by atoms with Crippen LogP contribution in [0.4, 0.5) is 0 Å². The van der Waals surface area contributed by atoms with Crippen LogP contribution in [0.2, 0.25) is 5.02 Å². The van der Waals surface area contributed by atoms with E-state index in [0.717, 1.165) is 5.03 Å². The number of hydrogen-bond acceptors (Lipinski definition) is 6. The van der Waals surface area contributed by atoms with E-state index in [9.17, 15) is 5.26 Å². The van der Waals surface area contributed by atoms with Gasteiger partial charge in [0.25, 0.3) is 0 Å². The van der Waals surface area contributed by atoms with Gasteiger partial charge >= 0.3 is 0 Å². The number of aromatic nitrogens is 4. The van der Waals surface area contributed by atoms with E-state index in [4.69, 9.17) is 21.1 Å². The Morgan fingerprint density at radius 3 is 2.52 bits per heavy atom. The van der Waals surface area contributed by atoms with Crippen molar-refractivity contribution in [3.05, 3.63) is 22.5 Å². The maximum atomic E-state index is 9.36. The molecule has 0 spiro atoms. The fraction of sp³-hybridized carbons (Fsp3) is 0.500. The summed E-state index contributed by atoms with van der Waals surface area (Å²) in [6, 6.07) is 2.11. The first-order valence-corrected chi connectivity index (χ1v) is 8.67. The number of ether oxygens (including phenoxy) is 2. The predicted molar refractivity (Wildman–Crippen MR) is 87.8 cm³/mol. The van der Waals surface area contributed by atoms with Gasteiger partial charge in [0.2, 0.25) is 6.29 Å². The Morgan fingerprint density at radius 2 is 2.04 bits per heavy atom. The quantitative estimate of drug-likeness (QED) is 0.561. The summed E-state index contributed by atoms with van der Waals surface area (Å²) in [6.07, 6.45) is 2.67. The summed E-state index contributed by atoms with van der Waals surface area (Å²) < 4.78 is 14.4. The van der Waals surface area contributed by atoms with E-state index >= 15 is 0 Å². The molecule has 7 nitrogen and oxygen atoms in total. The SMILES string of the molecule is CCOC(OCC)c1c(C#N)cnn1-c1nn(C)c(SC)c1Cl. The fourth-order valence-corrected chi connectivity index (χ4v) is 3.22. The van der Waals surface area contributed by atoms with Crippen LogP contribution in [-0.4, -0.2) is 39.0 Å². The van der Waals surface area contributed by atoms with Gasteiger partial charge in [-0.3, -0.25) is 4.68 Å². The molecule has 0 fully saturated rings. The molecule has 0 saturated heterocycles. The van der Waals surface area contributed by atoms with Crippen LogP contribution >= 0.6 is 23.4 Å². The van der Waals surface area contributed by atoms with Gasteiger partial charge in [-0.2, -0.15) is 15.5 Å². The Kier molecular flexibility index (Phi) is 6.07. The molecule has 0 aliphatic heterocycles. The second-order valence-corrected chi connectivity index (χ2v) is 5.65. The van der Waals surface area contributed by atoms with Crippen molar-refractivity contribution in [3.8, 4) is 11.9 Å². The predicted octanol–water partition coefficient (Wildman–Crippen LogP) is 2.92. The number of hydrogen-bond donors (Lipinski definition) is 0. The van der Waals surface area contributed by atoms with Gasteiger partial charge in [-0.1, -0.05) is 11.6 Å². The lowest BCUT2D eigenvalue weighted by Gasteiger charge is -2.18. The second-order valence-electron chi connectivity index (χ2n) is 4.48. The summed E-state index contributed by atoms with van der Waals surface area (Å²) in [5, 5.41) is 19.3. The van der Waals surface area contributed by atoms with Crippen LogP contribution in [0.5, 0.6) is 0 Å². The van der Waals surface area contributed by atoms with Crippen molar-refractivity contribution in [2.24, 2.45) is 7.05 Å². The van der Waals surface area contributed by atoms with Crippen molar-refractivity contribution >= 4 is 23.4 Å². The Morgan fingerprint density at radius 1 is 1.39 bits per heavy atom. The van der Waals surface area contributed by atoms with Crippen molar-refractivity contribution in [1.82, 2.24) is 19.6 Å². The monoisotopic (exact) mass is 355 g/mol. The van der Waals surface area contributed by atoms with Gasteiger partial charge in [-0.15, -0.1) is 11.8 Å². The molecule has 0 aliphatic rings. The second kappa shape index (κ2) is 7.84. The van der Waals surface area contributed by atoms with E-state index in [0.29, 0.717) is 35.3 Å². The number of nitrogens with zero attached hydrogens (tertiary/aromatic N) is 5. The van der Waals surface area contributed by atoms with Crippen LogP contribution < -0.4 is 0 Å². The summed E-state index contributed by atoms with van der Waals surface area (Å²) in [5.41, 5.74) is 0.855. The molecule has 2 rings (SSSR count). The minimum atomic E-state index is -0.710. The van der Waals surface area contributed by atoms with E-state index < -0.39 is 6.29 Å². The Bertz CT molecular complexity index is 716. The summed E-state index contributed by atoms with van der Waals surface area (Å²) in [6.45, 7) is 4.59. The zero-order valence-electron chi connectivity index (χ0n) is 13.4. The van der Waals surface area contributed by atoms with E-state index in [1.165, 1.54) is 22.6 Å². The summed E-state index contributed by atoms with van der Waals surface area (Å²) >= 11 is 7.90. The lowest BCUT2D eigenvalue weighted by atomic mass is 10.2. The van der Waals surface area contributed by atoms with Crippen molar-refractivity contribution in [2.75, 3.05) is 19.5 Å². The third-order valence-corrected chi connectivity index (χ3v) is 4.42. The number of rotatable bonds is 7. The molecule has 2 heterocycles. The molecule has 124 valence electrons. The molecule has 2 aromatic heterocycles. The van der Waals surface area contributed by atoms with Crippen LogP contribution in [0.3, 0.4) is 0 Å². The van der Waals surface area contributed by atoms with E-state index in [2.05, 4.69) is 16.3 Å². The van der Waals surface area contributed by atoms with Crippen LogP contribution in [0.1, 0.15) is 31.4 Å². The van der Waals surface area contributed by atoms with Crippen LogP contribution in [-0.2, 0) is 16.5 Å². The van der Waals surface area contributed by atoms with Crippen LogP contribution in [0.15, 0.2) is 11.2 Å². The van der Waals surface area contributed by atoms with Gasteiger partial charge in [0.05, 0.1) is 11.8 Å². The van der Waals surface area contributed by atoms with Gasteiger partial charge < -0.3 is 9.47 Å². The standard InChI is InChI=1S/C14H18ClN5O2S/c1-5-21-14(22-6-2)11-9(7-16)8-17-20(11)12-10(15)13(23-4)19(3)18-12/h8,14H,5-6H2,1-4H3. The summed E-state index contributed by atoms with van der Waals surface area (Å²) in [5.74, 6) is 0.444. The van der Waals surface area contributed by atoms with E-state index in [1.54, 1.807) is 11.7 Å². The molecule has 0 saturated carbocycles. The van der Waals surface area contributed by atoms with E-state index in [1.807, 2.05) is 20.1 Å². The van der Waals surface area contributed by atoms with Crippen molar-refractivity contribution in [2.45, 2.75) is 25.2 Å². The molecular formula is C14H18ClN5O2S. The summed E-state index contributed by atoms with van der Waals surface area (Å²) in [7, 11) is 1.80. The third kappa shape index (κ3) is 3.38. The highest BCUT2D eigenvalue weighted by atomic mass is 35.5. The van der Waals surface area contributed by atoms with Gasteiger partial charge in [0.15, 0.2) is 5.82 Å². The largest absolute Gasteiger partial charge is 0.347 e. The lowest BCUT2D eigenvalue weighted by molar-refractivity contribution is -0.143. The van der Waals surface area contributed by atoms with Gasteiger partial charge in [0, 0.05) is 20.3 Å². The topological polar surface area (TPSA) is 77.9 Å². The molecule has 9 heteroatoms. The zero-order valence-corrected chi connectivity index (χ0v) is 15.0. The molecule has 23 heavy (non-hydrogen) atoms. The minimum absolute atomic E-state index is 0.365. The Hall–Kier alpha value is -1.53. The molecular weight excluding hydrogens is 338 g/mol. The molecule has 0 atom stereocenters. The molecule has 0 radical (unpaired) electrons. The maximum Gasteiger partial charge on any atom is 0.202 e. The van der Waals surface area contributed by atoms with Crippen molar-refractivity contribution in [1.29, 1.82) is 5.26 Å². The zero-order chi connectivity index (χ0) is 17.0. The molecule has 0 unspecified atom stereocenters. The Labute approximate surface area is 144 Å². The molecule has 2 aromatic rings. The van der Waals surface area contributed by atoms with Gasteiger partial charge in [0.1, 0.15) is 21.8 Å². The van der Waals surface area contributed by atoms with Crippen LogP contribution in [0, 0.1) is 11.3 Å². The molecule has 0 aromatic carbocycles. The number of thioether (sulfide) groups is 1. The normalized spacial score (nSPS) is 11.2. The molecule has 0 N–H and O–H groups in total.